The van der Waals surface area contributed by atoms with Gasteiger partial charge in [0.2, 0.25) is 0 Å². The summed E-state index contributed by atoms with van der Waals surface area (Å²) in [6.07, 6.45) is 4.85. The molecule has 0 unspecified atom stereocenters. The van der Waals surface area contributed by atoms with E-state index in [0.717, 1.165) is 43.9 Å². The molecule has 0 N–H and O–H groups in total. The van der Waals surface area contributed by atoms with Crippen LogP contribution < -0.4 is 4.73 Å². The highest BCUT2D eigenvalue weighted by Gasteiger charge is 2.09. The Morgan fingerprint density at radius 3 is 2.82 bits per heavy atom. The predicted molar refractivity (Wildman–Crippen MR) is 109 cm³/mol. The van der Waals surface area contributed by atoms with E-state index in [-0.39, 0.29) is 0 Å². The van der Waals surface area contributed by atoms with Crippen molar-refractivity contribution in [1.29, 1.82) is 0 Å². The van der Waals surface area contributed by atoms with Crippen LogP contribution in [0.3, 0.4) is 0 Å². The molecule has 6 heteroatoms. The molecule has 2 heterocycles. The standard InChI is InChI=1S/C22H20N4O2/c1-3-28-24-16(2)17-9-10-22-21(13-17)23-15-26(22)20-8-4-6-18(12-20)19-7-5-11-25(27)14-19/h4-15H,3H2,1-2H3/b24-16-. The molecule has 4 aromatic rings. The molecule has 140 valence electrons. The minimum absolute atomic E-state index is 0.540. The summed E-state index contributed by atoms with van der Waals surface area (Å²) < 4.78 is 2.84. The van der Waals surface area contributed by atoms with Gasteiger partial charge in [-0.1, -0.05) is 23.4 Å². The van der Waals surface area contributed by atoms with Gasteiger partial charge in [0.05, 0.1) is 16.7 Å². The largest absolute Gasteiger partial charge is 0.619 e. The van der Waals surface area contributed by atoms with Crippen LogP contribution in [0.1, 0.15) is 19.4 Å². The molecular weight excluding hydrogens is 352 g/mol. The lowest BCUT2D eigenvalue weighted by Gasteiger charge is -2.08. The van der Waals surface area contributed by atoms with Crippen molar-refractivity contribution in [2.24, 2.45) is 5.16 Å². The lowest BCUT2D eigenvalue weighted by molar-refractivity contribution is -0.604. The van der Waals surface area contributed by atoms with Crippen LogP contribution in [-0.2, 0) is 4.84 Å². The fraction of sp³-hybridized carbons (Fsp3) is 0.136. The summed E-state index contributed by atoms with van der Waals surface area (Å²) >= 11 is 0. The first-order chi connectivity index (χ1) is 13.7. The summed E-state index contributed by atoms with van der Waals surface area (Å²) in [6.45, 7) is 4.36. The van der Waals surface area contributed by atoms with Crippen LogP contribution in [0.5, 0.6) is 0 Å². The van der Waals surface area contributed by atoms with Gasteiger partial charge in [0.1, 0.15) is 12.9 Å². The van der Waals surface area contributed by atoms with Gasteiger partial charge in [0, 0.05) is 22.9 Å². The van der Waals surface area contributed by atoms with Gasteiger partial charge in [-0.25, -0.2) is 4.98 Å². The topological polar surface area (TPSA) is 66.4 Å². The zero-order valence-corrected chi connectivity index (χ0v) is 15.7. The first-order valence-corrected chi connectivity index (χ1v) is 9.09. The summed E-state index contributed by atoms with van der Waals surface area (Å²) in [6, 6.07) is 17.8. The summed E-state index contributed by atoms with van der Waals surface area (Å²) in [5, 5.41) is 15.7. The fourth-order valence-corrected chi connectivity index (χ4v) is 3.12. The first kappa shape index (κ1) is 17.7. The highest BCUT2D eigenvalue weighted by atomic mass is 16.6. The van der Waals surface area contributed by atoms with E-state index in [2.05, 4.69) is 10.1 Å². The molecule has 0 spiro atoms. The highest BCUT2D eigenvalue weighted by molar-refractivity contribution is 6.01. The molecule has 0 radical (unpaired) electrons. The van der Waals surface area contributed by atoms with Gasteiger partial charge in [-0.3, -0.25) is 4.57 Å². The quantitative estimate of drug-likeness (QED) is 0.229. The van der Waals surface area contributed by atoms with E-state index in [9.17, 15) is 5.21 Å². The molecule has 28 heavy (non-hydrogen) atoms. The molecule has 0 atom stereocenters. The third-order valence-corrected chi connectivity index (χ3v) is 4.53. The molecule has 4 rings (SSSR count). The normalized spacial score (nSPS) is 11.7. The number of fused-ring (bicyclic) bond motifs is 1. The first-order valence-electron chi connectivity index (χ1n) is 9.09. The van der Waals surface area contributed by atoms with Crippen LogP contribution in [0.4, 0.5) is 0 Å². The van der Waals surface area contributed by atoms with Gasteiger partial charge < -0.3 is 10.0 Å². The second kappa shape index (κ2) is 7.52. The molecule has 0 aliphatic carbocycles. The predicted octanol–water partition coefficient (Wildman–Crippen LogP) is 4.09. The van der Waals surface area contributed by atoms with Crippen LogP contribution in [0, 0.1) is 5.21 Å². The van der Waals surface area contributed by atoms with E-state index in [4.69, 9.17) is 4.84 Å². The average Bonchev–Trinajstić information content (AvgIpc) is 3.15. The van der Waals surface area contributed by atoms with Gasteiger partial charge in [-0.05, 0) is 49.7 Å². The van der Waals surface area contributed by atoms with Crippen LogP contribution in [0.25, 0.3) is 27.8 Å². The second-order valence-electron chi connectivity index (χ2n) is 6.42. The summed E-state index contributed by atoms with van der Waals surface area (Å²) in [4.78, 5) is 9.69. The van der Waals surface area contributed by atoms with Gasteiger partial charge in [0.25, 0.3) is 0 Å². The van der Waals surface area contributed by atoms with E-state index < -0.39 is 0 Å². The van der Waals surface area contributed by atoms with Gasteiger partial charge in [-0.15, -0.1) is 0 Å². The van der Waals surface area contributed by atoms with Crippen LogP contribution in [0.15, 0.2) is 78.5 Å². The molecule has 0 saturated heterocycles. The SMILES string of the molecule is CCO/N=C(/C)c1ccc2c(c1)ncn2-c1cccc(-c2ccc[n+]([O-])c2)c1. The molecule has 0 amide bonds. The zero-order chi connectivity index (χ0) is 19.5. The molecule has 6 nitrogen and oxygen atoms in total. The van der Waals surface area contributed by atoms with Crippen molar-refractivity contribution in [3.63, 3.8) is 0 Å². The fourth-order valence-electron chi connectivity index (χ4n) is 3.12. The minimum Gasteiger partial charge on any atom is -0.619 e. The summed E-state index contributed by atoms with van der Waals surface area (Å²) in [5.41, 5.74) is 6.49. The van der Waals surface area contributed by atoms with E-state index in [1.165, 1.54) is 6.20 Å². The summed E-state index contributed by atoms with van der Waals surface area (Å²) in [5.74, 6) is 0. The number of imidazole rings is 1. The van der Waals surface area contributed by atoms with Crippen molar-refractivity contribution in [2.45, 2.75) is 13.8 Å². The Bertz CT molecular complexity index is 1160. The Labute approximate surface area is 162 Å². The lowest BCUT2D eigenvalue weighted by Crippen LogP contribution is -2.23. The van der Waals surface area contributed by atoms with E-state index in [1.807, 2.05) is 66.9 Å². The number of hydrogen-bond donors (Lipinski definition) is 0. The third kappa shape index (κ3) is 3.44. The Morgan fingerprint density at radius 2 is 2.00 bits per heavy atom. The molecule has 0 bridgehead atoms. The van der Waals surface area contributed by atoms with E-state index >= 15 is 0 Å². The highest BCUT2D eigenvalue weighted by Crippen LogP contribution is 2.24. The third-order valence-electron chi connectivity index (χ3n) is 4.53. The zero-order valence-electron chi connectivity index (χ0n) is 15.7. The van der Waals surface area contributed by atoms with Crippen molar-refractivity contribution >= 4 is 16.7 Å². The summed E-state index contributed by atoms with van der Waals surface area (Å²) in [7, 11) is 0. The minimum atomic E-state index is 0.540. The molecule has 0 aliphatic heterocycles. The maximum atomic E-state index is 11.6. The Kier molecular flexibility index (Phi) is 4.76. The number of benzene rings is 2. The molecule has 2 aromatic heterocycles. The van der Waals surface area contributed by atoms with Gasteiger partial charge in [-0.2, -0.15) is 4.73 Å². The Hall–Kier alpha value is -3.67. The second-order valence-corrected chi connectivity index (χ2v) is 6.42. The monoisotopic (exact) mass is 372 g/mol. The van der Waals surface area contributed by atoms with E-state index in [1.54, 1.807) is 18.6 Å². The lowest BCUT2D eigenvalue weighted by atomic mass is 10.1. The molecule has 2 aromatic carbocycles. The average molecular weight is 372 g/mol. The molecular formula is C22H20N4O2. The van der Waals surface area contributed by atoms with Gasteiger partial charge >= 0.3 is 0 Å². The number of oxime groups is 1. The number of rotatable bonds is 5. The van der Waals surface area contributed by atoms with Crippen LogP contribution >= 0.6 is 0 Å². The van der Waals surface area contributed by atoms with Crippen molar-refractivity contribution < 1.29 is 9.57 Å². The Balaban J connectivity index is 1.73. The van der Waals surface area contributed by atoms with Crippen LogP contribution in [-0.4, -0.2) is 21.9 Å². The van der Waals surface area contributed by atoms with E-state index in [0.29, 0.717) is 6.61 Å². The van der Waals surface area contributed by atoms with Crippen molar-refractivity contribution in [3.05, 3.63) is 84.1 Å². The molecule has 0 saturated carbocycles. The Morgan fingerprint density at radius 1 is 1.14 bits per heavy atom. The maximum absolute atomic E-state index is 11.6. The van der Waals surface area contributed by atoms with Crippen LogP contribution in [0.2, 0.25) is 0 Å². The maximum Gasteiger partial charge on any atom is 0.188 e. The van der Waals surface area contributed by atoms with Crippen molar-refractivity contribution in [3.8, 4) is 16.8 Å². The number of hydrogen-bond acceptors (Lipinski definition) is 4. The van der Waals surface area contributed by atoms with Gasteiger partial charge in [0.15, 0.2) is 12.4 Å². The molecule has 0 aliphatic rings. The number of aromatic nitrogens is 3. The number of pyridine rings is 1. The molecule has 0 fully saturated rings. The van der Waals surface area contributed by atoms with Crippen molar-refractivity contribution in [1.82, 2.24) is 9.55 Å². The number of nitrogens with zero attached hydrogens (tertiary/aromatic N) is 4. The van der Waals surface area contributed by atoms with Crippen molar-refractivity contribution in [2.75, 3.05) is 6.61 Å². The smallest absolute Gasteiger partial charge is 0.188 e.